The van der Waals surface area contributed by atoms with Crippen molar-refractivity contribution in [2.75, 3.05) is 0 Å². The van der Waals surface area contributed by atoms with Gasteiger partial charge in [0.15, 0.2) is 5.58 Å². The second-order valence-electron chi connectivity index (χ2n) is 15.2. The van der Waals surface area contributed by atoms with Gasteiger partial charge in [-0.2, -0.15) is 0 Å². The van der Waals surface area contributed by atoms with Gasteiger partial charge in [0.1, 0.15) is 5.58 Å². The molecular weight excluding hydrogens is 709 g/mol. The van der Waals surface area contributed by atoms with E-state index in [1.807, 2.05) is 12.3 Å². The molecule has 0 aliphatic carbocycles. The van der Waals surface area contributed by atoms with Crippen molar-refractivity contribution in [1.29, 1.82) is 0 Å². The maximum Gasteiger partial charge on any atom is 0.153 e. The molecule has 0 bridgehead atoms. The van der Waals surface area contributed by atoms with Crippen LogP contribution in [0, 0.1) is 0 Å². The molecule has 0 atom stereocenters. The second-order valence-corrected chi connectivity index (χ2v) is 15.2. The van der Waals surface area contributed by atoms with Crippen LogP contribution in [0.25, 0.3) is 116 Å². The number of nitrogens with zero attached hydrogens (tertiary/aromatic N) is 4. The van der Waals surface area contributed by atoms with Gasteiger partial charge in [-0.15, -0.1) is 0 Å². The van der Waals surface area contributed by atoms with E-state index < -0.39 is 0 Å². The molecular formula is C53H32N4O. The van der Waals surface area contributed by atoms with Gasteiger partial charge in [0, 0.05) is 49.3 Å². The van der Waals surface area contributed by atoms with Crippen LogP contribution in [0.15, 0.2) is 199 Å². The van der Waals surface area contributed by atoms with Gasteiger partial charge in [0.05, 0.1) is 56.4 Å². The number of furan rings is 1. The Balaban J connectivity index is 1.28. The van der Waals surface area contributed by atoms with Crippen molar-refractivity contribution in [3.8, 4) is 28.2 Å². The lowest BCUT2D eigenvalue weighted by Gasteiger charge is -2.23. The fourth-order valence-electron chi connectivity index (χ4n) is 9.68. The minimum Gasteiger partial charge on any atom is -0.454 e. The first-order valence-electron chi connectivity index (χ1n) is 19.7. The Labute approximate surface area is 331 Å². The molecule has 0 amide bonds. The van der Waals surface area contributed by atoms with Crippen molar-refractivity contribution in [2.24, 2.45) is 0 Å². The SMILES string of the molecule is c1ccc2c(c1)c1ccccc1n2-c1cc(-c2ccc3oc4cnccc4c3c2)cc(-n2c3ccccc3c3ccccc32)c1-n1c2ccccc2c2ccccc21. The van der Waals surface area contributed by atoms with E-state index in [4.69, 9.17) is 4.42 Å². The van der Waals surface area contributed by atoms with E-state index in [0.717, 1.165) is 83.2 Å². The Morgan fingerprint density at radius 3 is 1.19 bits per heavy atom. The molecule has 8 aromatic carbocycles. The largest absolute Gasteiger partial charge is 0.454 e. The summed E-state index contributed by atoms with van der Waals surface area (Å²) in [6.45, 7) is 0. The Bertz CT molecular complexity index is 3520. The van der Waals surface area contributed by atoms with Crippen molar-refractivity contribution in [3.05, 3.63) is 194 Å². The fourth-order valence-corrected chi connectivity index (χ4v) is 9.68. The lowest BCUT2D eigenvalue weighted by molar-refractivity contribution is 0.667. The number of aromatic nitrogens is 4. The summed E-state index contributed by atoms with van der Waals surface area (Å²) in [7, 11) is 0. The summed E-state index contributed by atoms with van der Waals surface area (Å²) < 4.78 is 13.8. The highest BCUT2D eigenvalue weighted by Crippen LogP contribution is 2.45. The van der Waals surface area contributed by atoms with E-state index in [0.29, 0.717) is 0 Å². The summed E-state index contributed by atoms with van der Waals surface area (Å²) in [6, 6.07) is 66.3. The molecule has 270 valence electrons. The van der Waals surface area contributed by atoms with Crippen LogP contribution in [0.4, 0.5) is 0 Å². The highest BCUT2D eigenvalue weighted by Gasteiger charge is 2.26. The van der Waals surface area contributed by atoms with Gasteiger partial charge >= 0.3 is 0 Å². The number of rotatable bonds is 4. The van der Waals surface area contributed by atoms with Gasteiger partial charge < -0.3 is 18.1 Å². The number of hydrogen-bond donors (Lipinski definition) is 0. The predicted molar refractivity (Wildman–Crippen MR) is 240 cm³/mol. The first-order chi connectivity index (χ1) is 28.8. The molecule has 58 heavy (non-hydrogen) atoms. The van der Waals surface area contributed by atoms with E-state index >= 15 is 0 Å². The monoisotopic (exact) mass is 740 g/mol. The Morgan fingerprint density at radius 1 is 0.328 bits per heavy atom. The van der Waals surface area contributed by atoms with Gasteiger partial charge in [0.2, 0.25) is 0 Å². The normalized spacial score (nSPS) is 12.1. The third-order valence-corrected chi connectivity index (χ3v) is 12.1. The minimum absolute atomic E-state index is 0.785. The molecule has 0 N–H and O–H groups in total. The number of hydrogen-bond acceptors (Lipinski definition) is 2. The second kappa shape index (κ2) is 11.8. The van der Waals surface area contributed by atoms with E-state index in [2.05, 4.69) is 195 Å². The number of benzene rings is 8. The Kier molecular flexibility index (Phi) is 6.38. The van der Waals surface area contributed by atoms with Crippen LogP contribution in [0.1, 0.15) is 0 Å². The van der Waals surface area contributed by atoms with E-state index in [1.54, 1.807) is 6.20 Å². The van der Waals surface area contributed by atoms with E-state index in [-0.39, 0.29) is 0 Å². The van der Waals surface area contributed by atoms with Crippen LogP contribution in [-0.4, -0.2) is 18.7 Å². The van der Waals surface area contributed by atoms with Crippen LogP contribution in [-0.2, 0) is 0 Å². The summed E-state index contributed by atoms with van der Waals surface area (Å²) >= 11 is 0. The van der Waals surface area contributed by atoms with Crippen molar-refractivity contribution >= 4 is 87.4 Å². The van der Waals surface area contributed by atoms with Crippen LogP contribution >= 0.6 is 0 Å². The summed E-state index contributed by atoms with van der Waals surface area (Å²) in [4.78, 5) is 4.34. The fraction of sp³-hybridized carbons (Fsp3) is 0. The number of para-hydroxylation sites is 6. The topological polar surface area (TPSA) is 40.8 Å². The maximum atomic E-state index is 6.28. The quantitative estimate of drug-likeness (QED) is 0.180. The average Bonchev–Trinajstić information content (AvgIpc) is 4.02. The molecule has 0 saturated heterocycles. The first-order valence-corrected chi connectivity index (χ1v) is 19.7. The van der Waals surface area contributed by atoms with E-state index in [9.17, 15) is 0 Å². The number of pyridine rings is 1. The summed E-state index contributed by atoms with van der Waals surface area (Å²) in [5.41, 5.74) is 14.0. The molecule has 0 aliphatic heterocycles. The van der Waals surface area contributed by atoms with Gasteiger partial charge in [-0.05, 0) is 77.9 Å². The molecule has 13 aromatic rings. The first kappa shape index (κ1) is 31.3. The van der Waals surface area contributed by atoms with Gasteiger partial charge in [-0.3, -0.25) is 4.98 Å². The molecule has 13 rings (SSSR count). The highest BCUT2D eigenvalue weighted by molar-refractivity contribution is 6.14. The maximum absolute atomic E-state index is 6.28. The van der Waals surface area contributed by atoms with Crippen molar-refractivity contribution in [1.82, 2.24) is 18.7 Å². The van der Waals surface area contributed by atoms with Crippen LogP contribution in [0.5, 0.6) is 0 Å². The van der Waals surface area contributed by atoms with Crippen molar-refractivity contribution < 1.29 is 4.42 Å². The molecule has 0 unspecified atom stereocenters. The van der Waals surface area contributed by atoms with Crippen molar-refractivity contribution in [2.45, 2.75) is 0 Å². The zero-order valence-corrected chi connectivity index (χ0v) is 31.2. The standard InChI is InChI=1S/C53H32N4O/c1-7-19-43-35(13-1)36-14-2-8-20-44(36)55(43)49-30-34(33-25-26-51-42(29-33)41-27-28-54-32-52(41)58-51)31-50(56-45-21-9-3-15-37(45)38-16-4-10-22-46(38)56)53(49)57-47-23-11-5-17-39(47)40-18-6-12-24-48(40)57/h1-32H. The average molecular weight is 741 g/mol. The zero-order valence-electron chi connectivity index (χ0n) is 31.2. The molecule has 0 saturated carbocycles. The predicted octanol–water partition coefficient (Wildman–Crippen LogP) is 13.9. The van der Waals surface area contributed by atoms with E-state index in [1.165, 1.54) is 32.3 Å². The highest BCUT2D eigenvalue weighted by atomic mass is 16.3. The molecule has 5 heteroatoms. The zero-order chi connectivity index (χ0) is 37.9. The van der Waals surface area contributed by atoms with Gasteiger partial charge in [0.25, 0.3) is 0 Å². The third-order valence-electron chi connectivity index (χ3n) is 12.1. The van der Waals surface area contributed by atoms with Gasteiger partial charge in [-0.1, -0.05) is 115 Å². The molecule has 0 spiro atoms. The number of fused-ring (bicyclic) bond motifs is 12. The molecule has 0 fully saturated rings. The third kappa shape index (κ3) is 4.27. The molecule has 5 nitrogen and oxygen atoms in total. The Hall–Kier alpha value is -7.89. The summed E-state index contributed by atoms with van der Waals surface area (Å²) in [5.74, 6) is 0. The van der Waals surface area contributed by atoms with Gasteiger partial charge in [-0.25, -0.2) is 0 Å². The van der Waals surface area contributed by atoms with Crippen LogP contribution < -0.4 is 0 Å². The lowest BCUT2D eigenvalue weighted by atomic mass is 10.00. The minimum atomic E-state index is 0.785. The Morgan fingerprint density at radius 2 is 0.741 bits per heavy atom. The van der Waals surface area contributed by atoms with Crippen molar-refractivity contribution in [3.63, 3.8) is 0 Å². The summed E-state index contributed by atoms with van der Waals surface area (Å²) in [6.07, 6.45) is 3.64. The summed E-state index contributed by atoms with van der Waals surface area (Å²) in [5, 5.41) is 9.43. The molecule has 0 radical (unpaired) electrons. The van der Waals surface area contributed by atoms with Crippen LogP contribution in [0.2, 0.25) is 0 Å². The molecule has 5 heterocycles. The smallest absolute Gasteiger partial charge is 0.153 e. The van der Waals surface area contributed by atoms with Crippen LogP contribution in [0.3, 0.4) is 0 Å². The molecule has 5 aromatic heterocycles. The molecule has 0 aliphatic rings. The lowest BCUT2D eigenvalue weighted by Crippen LogP contribution is -2.10.